The van der Waals surface area contributed by atoms with E-state index in [0.717, 1.165) is 13.0 Å². The van der Waals surface area contributed by atoms with Crippen LogP contribution in [0.5, 0.6) is 0 Å². The van der Waals surface area contributed by atoms with Crippen LogP contribution >= 0.6 is 0 Å². The van der Waals surface area contributed by atoms with Gasteiger partial charge in [-0.25, -0.2) is 8.42 Å². The van der Waals surface area contributed by atoms with E-state index >= 15 is 0 Å². The average Bonchev–Trinajstić information content (AvgIpc) is 2.77. The molecule has 1 aromatic carbocycles. The van der Waals surface area contributed by atoms with Gasteiger partial charge in [0.05, 0.1) is 15.6 Å². The van der Waals surface area contributed by atoms with Crippen LogP contribution in [0.2, 0.25) is 0 Å². The van der Waals surface area contributed by atoms with Crippen molar-refractivity contribution in [3.63, 3.8) is 0 Å². The summed E-state index contributed by atoms with van der Waals surface area (Å²) in [4.78, 5) is 12.4. The lowest BCUT2D eigenvalue weighted by atomic mass is 10.1. The van der Waals surface area contributed by atoms with Crippen molar-refractivity contribution < 1.29 is 13.3 Å². The summed E-state index contributed by atoms with van der Waals surface area (Å²) >= 11 is 0. The Bertz CT molecular complexity index is 612. The summed E-state index contributed by atoms with van der Waals surface area (Å²) in [5.41, 5.74) is -0.101. The maximum absolute atomic E-state index is 12.3. The Morgan fingerprint density at radius 1 is 1.29 bits per heavy atom. The number of hydrogen-bond donors (Lipinski definition) is 0. The Morgan fingerprint density at radius 3 is 2.38 bits per heavy atom. The van der Waals surface area contributed by atoms with E-state index in [1.54, 1.807) is 0 Å². The highest BCUT2D eigenvalue weighted by Crippen LogP contribution is 2.24. The van der Waals surface area contributed by atoms with E-state index in [1.807, 2.05) is 0 Å². The molecule has 0 aromatic heterocycles. The van der Waals surface area contributed by atoms with Crippen molar-refractivity contribution in [2.75, 3.05) is 18.8 Å². The fourth-order valence-corrected chi connectivity index (χ4v) is 3.88. The molecule has 1 aliphatic rings. The number of sulfone groups is 1. The molecule has 1 saturated heterocycles. The smallest absolute Gasteiger partial charge is 0.269 e. The summed E-state index contributed by atoms with van der Waals surface area (Å²) in [5.74, 6) is 0.633. The summed E-state index contributed by atoms with van der Waals surface area (Å²) < 4.78 is 24.5. The average molecular weight is 312 g/mol. The molecule has 0 bridgehead atoms. The fraction of sp³-hybridized carbons (Fsp3) is 0.571. The molecule has 0 amide bonds. The zero-order valence-corrected chi connectivity index (χ0v) is 13.0. The van der Waals surface area contributed by atoms with Crippen LogP contribution in [0.4, 0.5) is 5.69 Å². The third kappa shape index (κ3) is 3.59. The van der Waals surface area contributed by atoms with Crippen LogP contribution in [0.25, 0.3) is 0 Å². The Kier molecular flexibility index (Phi) is 4.63. The highest BCUT2D eigenvalue weighted by atomic mass is 32.2. The van der Waals surface area contributed by atoms with Crippen molar-refractivity contribution in [1.29, 1.82) is 0 Å². The molecule has 6 nitrogen and oxygen atoms in total. The number of likely N-dealkylation sites (tertiary alicyclic amines) is 1. The maximum Gasteiger partial charge on any atom is 0.269 e. The number of nitro benzene ring substituents is 1. The minimum absolute atomic E-state index is 0.0435. The topological polar surface area (TPSA) is 80.5 Å². The van der Waals surface area contributed by atoms with Gasteiger partial charge in [0.15, 0.2) is 9.84 Å². The molecule has 0 spiro atoms. The number of non-ortho nitro benzene ring substituents is 1. The van der Waals surface area contributed by atoms with Crippen LogP contribution in [-0.2, 0) is 9.84 Å². The molecule has 21 heavy (non-hydrogen) atoms. The molecule has 0 radical (unpaired) electrons. The minimum atomic E-state index is -3.40. The Hall–Kier alpha value is -1.47. The lowest BCUT2D eigenvalue weighted by molar-refractivity contribution is -0.384. The highest BCUT2D eigenvalue weighted by molar-refractivity contribution is 7.91. The second-order valence-electron chi connectivity index (χ2n) is 5.61. The van der Waals surface area contributed by atoms with Gasteiger partial charge in [-0.15, -0.1) is 0 Å². The zero-order chi connectivity index (χ0) is 15.6. The Labute approximate surface area is 124 Å². The first-order valence-electron chi connectivity index (χ1n) is 7.02. The van der Waals surface area contributed by atoms with E-state index in [4.69, 9.17) is 0 Å². The molecule has 0 aliphatic carbocycles. The summed E-state index contributed by atoms with van der Waals surface area (Å²) in [7, 11) is -3.40. The minimum Gasteiger partial charge on any atom is -0.299 e. The van der Waals surface area contributed by atoms with Crippen LogP contribution in [0.1, 0.15) is 20.3 Å². The van der Waals surface area contributed by atoms with Crippen LogP contribution in [0.15, 0.2) is 29.2 Å². The van der Waals surface area contributed by atoms with E-state index in [9.17, 15) is 18.5 Å². The number of rotatable bonds is 5. The van der Waals surface area contributed by atoms with Gasteiger partial charge in [-0.2, -0.15) is 0 Å². The van der Waals surface area contributed by atoms with Crippen molar-refractivity contribution in [3.8, 4) is 0 Å². The quantitative estimate of drug-likeness (QED) is 0.614. The van der Waals surface area contributed by atoms with Crippen molar-refractivity contribution in [3.05, 3.63) is 34.4 Å². The van der Waals surface area contributed by atoms with E-state index in [0.29, 0.717) is 18.5 Å². The number of nitro groups is 1. The highest BCUT2D eigenvalue weighted by Gasteiger charge is 2.28. The summed E-state index contributed by atoms with van der Waals surface area (Å²) in [6, 6.07) is 5.48. The molecular weight excluding hydrogens is 292 g/mol. The number of hydrogen-bond acceptors (Lipinski definition) is 5. The second-order valence-corrected chi connectivity index (χ2v) is 7.72. The molecule has 0 unspecified atom stereocenters. The van der Waals surface area contributed by atoms with E-state index < -0.39 is 14.8 Å². The Morgan fingerprint density at radius 2 is 1.90 bits per heavy atom. The van der Waals surface area contributed by atoms with Crippen molar-refractivity contribution in [2.24, 2.45) is 5.92 Å². The van der Waals surface area contributed by atoms with E-state index in [2.05, 4.69) is 18.7 Å². The summed E-state index contributed by atoms with van der Waals surface area (Å²) in [5, 5.41) is 10.6. The van der Waals surface area contributed by atoms with Crippen LogP contribution in [0.3, 0.4) is 0 Å². The van der Waals surface area contributed by atoms with Gasteiger partial charge in [0.25, 0.3) is 5.69 Å². The van der Waals surface area contributed by atoms with Gasteiger partial charge in [0, 0.05) is 24.7 Å². The van der Waals surface area contributed by atoms with Gasteiger partial charge in [-0.3, -0.25) is 15.0 Å². The molecule has 2 atom stereocenters. The molecule has 1 heterocycles. The zero-order valence-electron chi connectivity index (χ0n) is 12.2. The molecule has 1 fully saturated rings. The van der Waals surface area contributed by atoms with Gasteiger partial charge in [0.2, 0.25) is 0 Å². The lowest BCUT2D eigenvalue weighted by Crippen LogP contribution is -2.33. The third-order valence-electron chi connectivity index (χ3n) is 4.33. The lowest BCUT2D eigenvalue weighted by Gasteiger charge is -2.22. The largest absolute Gasteiger partial charge is 0.299 e. The first kappa shape index (κ1) is 15.9. The molecule has 2 rings (SSSR count). The number of nitrogens with zero attached hydrogens (tertiary/aromatic N) is 2. The monoisotopic (exact) mass is 312 g/mol. The fourth-order valence-electron chi connectivity index (χ4n) is 2.62. The normalized spacial score (nSPS) is 23.3. The summed E-state index contributed by atoms with van der Waals surface area (Å²) in [6.45, 7) is 5.73. The third-order valence-corrected chi connectivity index (χ3v) is 6.04. The molecule has 0 saturated carbocycles. The second kappa shape index (κ2) is 6.11. The summed E-state index contributed by atoms with van der Waals surface area (Å²) in [6.07, 6.45) is 1.10. The first-order chi connectivity index (χ1) is 9.81. The van der Waals surface area contributed by atoms with E-state index in [1.165, 1.54) is 24.3 Å². The first-order valence-corrected chi connectivity index (χ1v) is 8.68. The van der Waals surface area contributed by atoms with Crippen molar-refractivity contribution in [2.45, 2.75) is 31.2 Å². The van der Waals surface area contributed by atoms with Crippen LogP contribution in [-0.4, -0.2) is 43.1 Å². The molecule has 7 heteroatoms. The van der Waals surface area contributed by atoms with Gasteiger partial charge in [-0.1, -0.05) is 6.92 Å². The standard InChI is InChI=1S/C14H20N2O4S/c1-11-7-8-15(12(11)2)9-10-21(19,20)14-5-3-13(4-6-14)16(17)18/h3-6,11-12H,7-10H2,1-2H3/t11-,12+/m1/s1. The molecule has 116 valence electrons. The SMILES string of the molecule is C[C@@H]1CCN(CCS(=O)(=O)c2ccc([N+](=O)[O-])cc2)[C@H]1C. The maximum atomic E-state index is 12.3. The van der Waals surface area contributed by atoms with Gasteiger partial charge < -0.3 is 0 Å². The number of benzene rings is 1. The van der Waals surface area contributed by atoms with Gasteiger partial charge in [0.1, 0.15) is 0 Å². The van der Waals surface area contributed by atoms with E-state index in [-0.39, 0.29) is 16.3 Å². The molecular formula is C14H20N2O4S. The predicted octanol–water partition coefficient (Wildman–Crippen LogP) is 2.10. The van der Waals surface area contributed by atoms with Crippen molar-refractivity contribution >= 4 is 15.5 Å². The van der Waals surface area contributed by atoms with Crippen LogP contribution < -0.4 is 0 Å². The predicted molar refractivity (Wildman–Crippen MR) is 80.0 cm³/mol. The molecule has 1 aromatic rings. The van der Waals surface area contributed by atoms with Gasteiger partial charge in [-0.05, 0) is 37.9 Å². The molecule has 1 aliphatic heterocycles. The van der Waals surface area contributed by atoms with Crippen molar-refractivity contribution in [1.82, 2.24) is 4.90 Å². The molecule has 0 N–H and O–H groups in total. The Balaban J connectivity index is 2.03. The van der Waals surface area contributed by atoms with Crippen LogP contribution in [0, 0.1) is 16.0 Å². The van der Waals surface area contributed by atoms with Gasteiger partial charge >= 0.3 is 0 Å².